The van der Waals surface area contributed by atoms with Crippen LogP contribution in [0.2, 0.25) is 0 Å². The molecule has 1 saturated heterocycles. The maximum atomic E-state index is 13.0. The van der Waals surface area contributed by atoms with Crippen LogP contribution < -0.4 is 10.1 Å². The molecule has 2 heterocycles. The molecule has 2 unspecified atom stereocenters. The van der Waals surface area contributed by atoms with Gasteiger partial charge in [-0.2, -0.15) is 4.31 Å². The van der Waals surface area contributed by atoms with Crippen molar-refractivity contribution in [1.29, 1.82) is 0 Å². The second-order valence-electron chi connectivity index (χ2n) is 8.22. The Bertz CT molecular complexity index is 1210. The van der Waals surface area contributed by atoms with E-state index < -0.39 is 10.0 Å². The molecule has 3 aromatic rings. The zero-order chi connectivity index (χ0) is 24.1. The molecule has 1 amide bonds. The highest BCUT2D eigenvalue weighted by molar-refractivity contribution is 7.89. The van der Waals surface area contributed by atoms with Crippen molar-refractivity contribution in [2.75, 3.05) is 18.4 Å². The molecule has 2 atom stereocenters. The molecule has 1 aliphatic heterocycles. The maximum absolute atomic E-state index is 13.0. The average Bonchev–Trinajstić information content (AvgIpc) is 2.84. The number of hydrogen-bond donors (Lipinski definition) is 1. The van der Waals surface area contributed by atoms with Crippen molar-refractivity contribution in [2.45, 2.75) is 37.6 Å². The zero-order valence-electron chi connectivity index (χ0n) is 19.0. The number of aromatic nitrogens is 1. The van der Waals surface area contributed by atoms with Gasteiger partial charge in [-0.3, -0.25) is 4.79 Å². The van der Waals surface area contributed by atoms with Gasteiger partial charge in [0.05, 0.1) is 29.0 Å². The van der Waals surface area contributed by atoms with Gasteiger partial charge in [-0.1, -0.05) is 30.3 Å². The van der Waals surface area contributed by atoms with Crippen LogP contribution in [0.3, 0.4) is 0 Å². The predicted molar refractivity (Wildman–Crippen MR) is 128 cm³/mol. The average molecular weight is 482 g/mol. The summed E-state index contributed by atoms with van der Waals surface area (Å²) in [4.78, 5) is 17.0. The number of sulfonamides is 1. The molecule has 4 rings (SSSR count). The van der Waals surface area contributed by atoms with Crippen LogP contribution in [-0.2, 0) is 21.4 Å². The summed E-state index contributed by atoms with van der Waals surface area (Å²) in [6, 6.07) is 19.0. The molecule has 0 saturated carbocycles. The summed E-state index contributed by atoms with van der Waals surface area (Å²) >= 11 is 0. The minimum atomic E-state index is -3.66. The van der Waals surface area contributed by atoms with Crippen LogP contribution in [0.25, 0.3) is 0 Å². The molecule has 0 aliphatic carbocycles. The van der Waals surface area contributed by atoms with Crippen molar-refractivity contribution < 1.29 is 22.7 Å². The van der Waals surface area contributed by atoms with E-state index in [9.17, 15) is 13.2 Å². The molecule has 178 valence electrons. The van der Waals surface area contributed by atoms with E-state index in [1.807, 2.05) is 44.2 Å². The number of ether oxygens (including phenoxy) is 2. The Morgan fingerprint density at radius 3 is 2.32 bits per heavy atom. The summed E-state index contributed by atoms with van der Waals surface area (Å²) < 4.78 is 38.7. The zero-order valence-corrected chi connectivity index (χ0v) is 19.9. The van der Waals surface area contributed by atoms with Gasteiger partial charge in [-0.05, 0) is 49.7 Å². The molecule has 1 aromatic heterocycles. The number of morpholine rings is 1. The van der Waals surface area contributed by atoms with Crippen LogP contribution in [0, 0.1) is 0 Å². The van der Waals surface area contributed by atoms with Crippen molar-refractivity contribution in [1.82, 2.24) is 9.29 Å². The Labute approximate surface area is 199 Å². The molecule has 1 fully saturated rings. The maximum Gasteiger partial charge on any atom is 0.255 e. The van der Waals surface area contributed by atoms with Gasteiger partial charge < -0.3 is 14.8 Å². The first-order chi connectivity index (χ1) is 16.3. The van der Waals surface area contributed by atoms with Gasteiger partial charge in [0, 0.05) is 24.7 Å². The van der Waals surface area contributed by atoms with Crippen molar-refractivity contribution >= 4 is 21.6 Å². The SMILES string of the molecule is CC1CN(S(=O)(=O)c2ccc(C(=O)Nc3ccc(OCc4ccccc4)nc3)cc2)CC(C)O1. The van der Waals surface area contributed by atoms with Gasteiger partial charge in [0.1, 0.15) is 6.61 Å². The van der Waals surface area contributed by atoms with Crippen LogP contribution >= 0.6 is 0 Å². The van der Waals surface area contributed by atoms with Gasteiger partial charge >= 0.3 is 0 Å². The third-order valence-electron chi connectivity index (χ3n) is 5.36. The van der Waals surface area contributed by atoms with Crippen LogP contribution in [0.5, 0.6) is 5.88 Å². The van der Waals surface area contributed by atoms with Gasteiger partial charge in [0.25, 0.3) is 5.91 Å². The molecular formula is C25H27N3O5S. The summed E-state index contributed by atoms with van der Waals surface area (Å²) in [6.07, 6.45) is 1.16. The Kier molecular flexibility index (Phi) is 7.26. The number of hydrogen-bond acceptors (Lipinski definition) is 6. The summed E-state index contributed by atoms with van der Waals surface area (Å²) in [5.74, 6) is 0.0838. The number of amides is 1. The molecule has 9 heteroatoms. The molecule has 8 nitrogen and oxygen atoms in total. The van der Waals surface area contributed by atoms with E-state index in [-0.39, 0.29) is 23.0 Å². The standard InChI is InChI=1S/C25H27N3O5S/c1-18-15-28(16-19(2)33-18)34(30,31)23-11-8-21(9-12-23)25(29)27-22-10-13-24(26-14-22)32-17-20-6-4-3-5-7-20/h3-14,18-19H,15-17H2,1-2H3,(H,27,29). The Morgan fingerprint density at radius 1 is 1.03 bits per heavy atom. The molecule has 0 spiro atoms. The number of benzene rings is 2. The van der Waals surface area contributed by atoms with Crippen LogP contribution in [-0.4, -0.2) is 48.9 Å². The fraction of sp³-hybridized carbons (Fsp3) is 0.280. The van der Waals surface area contributed by atoms with E-state index in [2.05, 4.69) is 10.3 Å². The van der Waals surface area contributed by atoms with E-state index in [0.717, 1.165) is 5.56 Å². The number of anilines is 1. The quantitative estimate of drug-likeness (QED) is 0.553. The van der Waals surface area contributed by atoms with E-state index in [4.69, 9.17) is 9.47 Å². The van der Waals surface area contributed by atoms with E-state index in [1.165, 1.54) is 34.8 Å². The molecule has 0 radical (unpaired) electrons. The number of nitrogens with one attached hydrogen (secondary N) is 1. The Balaban J connectivity index is 1.36. The first kappa shape index (κ1) is 23.9. The first-order valence-corrected chi connectivity index (χ1v) is 12.4. The summed E-state index contributed by atoms with van der Waals surface area (Å²) in [5, 5.41) is 2.76. The van der Waals surface area contributed by atoms with Gasteiger partial charge in [0.15, 0.2) is 0 Å². The number of pyridine rings is 1. The Morgan fingerprint density at radius 2 is 1.71 bits per heavy atom. The predicted octanol–water partition coefficient (Wildman–Crippen LogP) is 3.71. The minimum Gasteiger partial charge on any atom is -0.473 e. The lowest BCUT2D eigenvalue weighted by Crippen LogP contribution is -2.48. The lowest BCUT2D eigenvalue weighted by atomic mass is 10.2. The lowest BCUT2D eigenvalue weighted by Gasteiger charge is -2.34. The van der Waals surface area contributed by atoms with Gasteiger partial charge in [-0.25, -0.2) is 13.4 Å². The van der Waals surface area contributed by atoms with Crippen LogP contribution in [0.1, 0.15) is 29.8 Å². The highest BCUT2D eigenvalue weighted by Gasteiger charge is 2.32. The summed E-state index contributed by atoms with van der Waals surface area (Å²) in [6.45, 7) is 4.70. The second kappa shape index (κ2) is 10.3. The number of carbonyl (C=O) groups is 1. The van der Waals surface area contributed by atoms with Gasteiger partial charge in [0.2, 0.25) is 15.9 Å². The van der Waals surface area contributed by atoms with Crippen molar-refractivity contribution in [2.24, 2.45) is 0 Å². The molecule has 0 bridgehead atoms. The summed E-state index contributed by atoms with van der Waals surface area (Å²) in [5.41, 5.74) is 1.88. The molecule has 34 heavy (non-hydrogen) atoms. The third kappa shape index (κ3) is 5.80. The third-order valence-corrected chi connectivity index (χ3v) is 7.21. The largest absolute Gasteiger partial charge is 0.473 e. The number of rotatable bonds is 7. The highest BCUT2D eigenvalue weighted by Crippen LogP contribution is 2.22. The molecule has 1 aliphatic rings. The van der Waals surface area contributed by atoms with Crippen molar-refractivity contribution in [3.8, 4) is 5.88 Å². The Hall–Kier alpha value is -3.27. The monoisotopic (exact) mass is 481 g/mol. The van der Waals surface area contributed by atoms with Crippen LogP contribution in [0.15, 0.2) is 77.8 Å². The van der Waals surface area contributed by atoms with Crippen molar-refractivity contribution in [3.05, 3.63) is 84.1 Å². The van der Waals surface area contributed by atoms with Gasteiger partial charge in [-0.15, -0.1) is 0 Å². The van der Waals surface area contributed by atoms with E-state index in [1.54, 1.807) is 12.1 Å². The lowest BCUT2D eigenvalue weighted by molar-refractivity contribution is -0.0440. The van der Waals surface area contributed by atoms with Crippen LogP contribution in [0.4, 0.5) is 5.69 Å². The second-order valence-corrected chi connectivity index (χ2v) is 10.2. The smallest absolute Gasteiger partial charge is 0.255 e. The number of nitrogens with zero attached hydrogens (tertiary/aromatic N) is 2. The molecule has 2 aromatic carbocycles. The topological polar surface area (TPSA) is 97.8 Å². The summed E-state index contributed by atoms with van der Waals surface area (Å²) in [7, 11) is -3.66. The van der Waals surface area contributed by atoms with E-state index >= 15 is 0 Å². The first-order valence-electron chi connectivity index (χ1n) is 11.0. The fourth-order valence-electron chi connectivity index (χ4n) is 3.73. The fourth-order valence-corrected chi connectivity index (χ4v) is 5.32. The number of carbonyl (C=O) groups excluding carboxylic acids is 1. The molecule has 1 N–H and O–H groups in total. The van der Waals surface area contributed by atoms with Crippen molar-refractivity contribution in [3.63, 3.8) is 0 Å². The molecular weight excluding hydrogens is 454 g/mol. The van der Waals surface area contributed by atoms with E-state index in [0.29, 0.717) is 36.8 Å². The normalized spacial score (nSPS) is 18.9. The minimum absolute atomic E-state index is 0.145. The highest BCUT2D eigenvalue weighted by atomic mass is 32.2.